The van der Waals surface area contributed by atoms with Gasteiger partial charge < -0.3 is 5.32 Å². The molecule has 1 N–H and O–H groups in total. The minimum Gasteiger partial charge on any atom is -0.322 e. The van der Waals surface area contributed by atoms with E-state index in [0.29, 0.717) is 27.3 Å². The average Bonchev–Trinajstić information content (AvgIpc) is 2.43. The largest absolute Gasteiger partial charge is 0.322 e. The first-order valence-corrected chi connectivity index (χ1v) is 7.76. The van der Waals surface area contributed by atoms with Gasteiger partial charge in [0.15, 0.2) is 0 Å². The predicted octanol–water partition coefficient (Wildman–Crippen LogP) is 4.72. The molecule has 0 unspecified atom stereocenters. The molecule has 0 fully saturated rings. The van der Waals surface area contributed by atoms with Crippen LogP contribution in [-0.2, 0) is 11.3 Å². The number of para-hydroxylation sites is 1. The Morgan fingerprint density at radius 3 is 2.36 bits per heavy atom. The molecule has 0 aliphatic rings. The molecule has 2 aromatic rings. The van der Waals surface area contributed by atoms with Crippen LogP contribution in [0.25, 0.3) is 0 Å². The average molecular weight is 358 g/mol. The van der Waals surface area contributed by atoms with Crippen molar-refractivity contribution in [3.63, 3.8) is 0 Å². The molecule has 0 radical (unpaired) electrons. The SMILES string of the molecule is CN(CC(=O)Nc1c(Cl)cccc1Cl)Cc1cccc(Cl)c1. The van der Waals surface area contributed by atoms with Gasteiger partial charge in [-0.25, -0.2) is 0 Å². The highest BCUT2D eigenvalue weighted by molar-refractivity contribution is 6.39. The summed E-state index contributed by atoms with van der Waals surface area (Å²) < 4.78 is 0. The molecule has 0 aliphatic carbocycles. The summed E-state index contributed by atoms with van der Waals surface area (Å²) >= 11 is 18.0. The first kappa shape index (κ1) is 17.1. The molecule has 3 nitrogen and oxygen atoms in total. The van der Waals surface area contributed by atoms with Crippen molar-refractivity contribution in [1.29, 1.82) is 0 Å². The molecule has 0 saturated carbocycles. The van der Waals surface area contributed by atoms with E-state index >= 15 is 0 Å². The van der Waals surface area contributed by atoms with Gasteiger partial charge in [-0.1, -0.05) is 53.0 Å². The Balaban J connectivity index is 1.94. The molecule has 0 spiro atoms. The summed E-state index contributed by atoms with van der Waals surface area (Å²) in [7, 11) is 1.86. The number of nitrogens with zero attached hydrogens (tertiary/aromatic N) is 1. The fourth-order valence-electron chi connectivity index (χ4n) is 2.04. The number of benzene rings is 2. The van der Waals surface area contributed by atoms with Crippen LogP contribution >= 0.6 is 34.8 Å². The van der Waals surface area contributed by atoms with Crippen LogP contribution in [-0.4, -0.2) is 24.4 Å². The van der Waals surface area contributed by atoms with E-state index in [1.54, 1.807) is 18.2 Å². The van der Waals surface area contributed by atoms with Gasteiger partial charge in [0.25, 0.3) is 0 Å². The number of anilines is 1. The highest BCUT2D eigenvalue weighted by Crippen LogP contribution is 2.29. The minimum atomic E-state index is -0.181. The van der Waals surface area contributed by atoms with Crippen molar-refractivity contribution in [3.05, 3.63) is 63.1 Å². The quantitative estimate of drug-likeness (QED) is 0.840. The molecule has 22 heavy (non-hydrogen) atoms. The maximum absolute atomic E-state index is 12.1. The number of hydrogen-bond acceptors (Lipinski definition) is 2. The number of carbonyl (C=O) groups excluding carboxylic acids is 1. The molecule has 0 saturated heterocycles. The molecular formula is C16H15Cl3N2O. The van der Waals surface area contributed by atoms with Crippen LogP contribution in [0.15, 0.2) is 42.5 Å². The smallest absolute Gasteiger partial charge is 0.238 e. The fraction of sp³-hybridized carbons (Fsp3) is 0.188. The topological polar surface area (TPSA) is 32.3 Å². The molecule has 2 rings (SSSR count). The van der Waals surface area contributed by atoms with Crippen molar-refractivity contribution in [1.82, 2.24) is 4.90 Å². The lowest BCUT2D eigenvalue weighted by atomic mass is 10.2. The number of carbonyl (C=O) groups is 1. The summed E-state index contributed by atoms with van der Waals surface area (Å²) in [6, 6.07) is 12.6. The lowest BCUT2D eigenvalue weighted by molar-refractivity contribution is -0.117. The highest BCUT2D eigenvalue weighted by Gasteiger charge is 2.12. The van der Waals surface area contributed by atoms with Crippen LogP contribution in [0.1, 0.15) is 5.56 Å². The van der Waals surface area contributed by atoms with Gasteiger partial charge in [0.2, 0.25) is 5.91 Å². The van der Waals surface area contributed by atoms with Crippen LogP contribution in [0.3, 0.4) is 0 Å². The molecule has 116 valence electrons. The number of rotatable bonds is 5. The molecule has 0 heterocycles. The fourth-order valence-corrected chi connectivity index (χ4v) is 2.75. The summed E-state index contributed by atoms with van der Waals surface area (Å²) in [5.41, 5.74) is 1.48. The van der Waals surface area contributed by atoms with E-state index in [2.05, 4.69) is 5.32 Å². The molecule has 6 heteroatoms. The molecule has 1 amide bonds. The van der Waals surface area contributed by atoms with Gasteiger partial charge in [0.05, 0.1) is 22.3 Å². The van der Waals surface area contributed by atoms with Gasteiger partial charge in [-0.2, -0.15) is 0 Å². The third kappa shape index (κ3) is 4.89. The van der Waals surface area contributed by atoms with Crippen molar-refractivity contribution in [2.24, 2.45) is 0 Å². The zero-order valence-corrected chi connectivity index (χ0v) is 14.2. The Kier molecular flexibility index (Phi) is 6.09. The van der Waals surface area contributed by atoms with Crippen molar-refractivity contribution in [3.8, 4) is 0 Å². The normalized spacial score (nSPS) is 10.8. The van der Waals surface area contributed by atoms with Gasteiger partial charge in [-0.3, -0.25) is 9.69 Å². The third-order valence-electron chi connectivity index (χ3n) is 2.98. The minimum absolute atomic E-state index is 0.181. The van der Waals surface area contributed by atoms with Crippen molar-refractivity contribution < 1.29 is 4.79 Å². The highest BCUT2D eigenvalue weighted by atomic mass is 35.5. The summed E-state index contributed by atoms with van der Waals surface area (Å²) in [5.74, 6) is -0.181. The Morgan fingerprint density at radius 1 is 1.09 bits per heavy atom. The van der Waals surface area contributed by atoms with Crippen LogP contribution in [0, 0.1) is 0 Å². The van der Waals surface area contributed by atoms with E-state index in [4.69, 9.17) is 34.8 Å². The van der Waals surface area contributed by atoms with Crippen LogP contribution in [0.4, 0.5) is 5.69 Å². The van der Waals surface area contributed by atoms with Gasteiger partial charge in [0.1, 0.15) is 0 Å². The zero-order valence-electron chi connectivity index (χ0n) is 11.9. The number of likely N-dealkylation sites (N-methyl/N-ethyl adjacent to an activating group) is 1. The third-order valence-corrected chi connectivity index (χ3v) is 3.85. The molecule has 0 atom stereocenters. The molecule has 2 aromatic carbocycles. The monoisotopic (exact) mass is 356 g/mol. The molecule has 0 aliphatic heterocycles. The van der Waals surface area contributed by atoms with Crippen molar-refractivity contribution >= 4 is 46.4 Å². The predicted molar refractivity (Wildman–Crippen MR) is 92.9 cm³/mol. The lowest BCUT2D eigenvalue weighted by Gasteiger charge is -2.17. The number of amides is 1. The van der Waals surface area contributed by atoms with E-state index in [1.165, 1.54) is 0 Å². The zero-order chi connectivity index (χ0) is 16.1. The van der Waals surface area contributed by atoms with E-state index < -0.39 is 0 Å². The Bertz CT molecular complexity index is 656. The Morgan fingerprint density at radius 2 is 1.73 bits per heavy atom. The Labute approximate surface area is 144 Å². The number of nitrogens with one attached hydrogen (secondary N) is 1. The van der Waals surface area contributed by atoms with Crippen molar-refractivity contribution in [2.75, 3.05) is 18.9 Å². The van der Waals surface area contributed by atoms with Crippen LogP contribution in [0.2, 0.25) is 15.1 Å². The van der Waals surface area contributed by atoms with E-state index in [0.717, 1.165) is 5.56 Å². The van der Waals surface area contributed by atoms with Crippen molar-refractivity contribution in [2.45, 2.75) is 6.54 Å². The first-order valence-electron chi connectivity index (χ1n) is 6.62. The summed E-state index contributed by atoms with van der Waals surface area (Å²) in [4.78, 5) is 14.0. The number of halogens is 3. The van der Waals surface area contributed by atoms with Crippen LogP contribution in [0.5, 0.6) is 0 Å². The molecule has 0 aromatic heterocycles. The van der Waals surface area contributed by atoms with E-state index in [-0.39, 0.29) is 12.5 Å². The maximum atomic E-state index is 12.1. The second-order valence-electron chi connectivity index (χ2n) is 4.95. The van der Waals surface area contributed by atoms with Gasteiger partial charge in [0, 0.05) is 11.6 Å². The molecule has 0 bridgehead atoms. The van der Waals surface area contributed by atoms with E-state index in [9.17, 15) is 4.79 Å². The summed E-state index contributed by atoms with van der Waals surface area (Å²) in [6.07, 6.45) is 0. The maximum Gasteiger partial charge on any atom is 0.238 e. The summed E-state index contributed by atoms with van der Waals surface area (Å²) in [6.45, 7) is 0.832. The second-order valence-corrected chi connectivity index (χ2v) is 6.20. The van der Waals surface area contributed by atoms with E-state index in [1.807, 2.05) is 36.2 Å². The Hall–Kier alpha value is -1.26. The summed E-state index contributed by atoms with van der Waals surface area (Å²) in [5, 5.41) is 4.25. The van der Waals surface area contributed by atoms with Gasteiger partial charge >= 0.3 is 0 Å². The van der Waals surface area contributed by atoms with Gasteiger partial charge in [-0.15, -0.1) is 0 Å². The van der Waals surface area contributed by atoms with Gasteiger partial charge in [-0.05, 0) is 36.9 Å². The second kappa shape index (κ2) is 7.84. The first-order chi connectivity index (χ1) is 10.5. The molecular weight excluding hydrogens is 343 g/mol. The number of hydrogen-bond donors (Lipinski definition) is 1. The standard InChI is InChI=1S/C16H15Cl3N2O/c1-21(9-11-4-2-5-12(17)8-11)10-15(22)20-16-13(18)6-3-7-14(16)19/h2-8H,9-10H2,1H3,(H,20,22). The van der Waals surface area contributed by atoms with Crippen LogP contribution < -0.4 is 5.32 Å². The lowest BCUT2D eigenvalue weighted by Crippen LogP contribution is -2.30.